The maximum absolute atomic E-state index is 14.1. The Balaban J connectivity index is 1.52. The molecule has 3 aromatic rings. The number of thioether (sulfide) groups is 1. The number of thiazole rings is 1. The summed E-state index contributed by atoms with van der Waals surface area (Å²) in [5, 5.41) is 14.9. The van der Waals surface area contributed by atoms with Crippen molar-refractivity contribution in [2.45, 2.75) is 36.7 Å². The standard InChI is InChI=1S/C16H15FN6OS2/c1-10(24)22(14-5-3-2-4-13(14)17)15-18-11(8-25-15)9-26-16-19-20-21-23(16)12-6-7-12/h2-5,8,12H,6-7,9H2,1H3. The highest BCUT2D eigenvalue weighted by molar-refractivity contribution is 7.98. The highest BCUT2D eigenvalue weighted by Gasteiger charge is 2.28. The molecule has 7 nitrogen and oxygen atoms in total. The van der Waals surface area contributed by atoms with Gasteiger partial charge in [-0.2, -0.15) is 0 Å². The van der Waals surface area contributed by atoms with Gasteiger partial charge in [0.25, 0.3) is 0 Å². The van der Waals surface area contributed by atoms with Crippen LogP contribution < -0.4 is 4.90 Å². The van der Waals surface area contributed by atoms with Crippen molar-refractivity contribution in [3.05, 3.63) is 41.2 Å². The predicted octanol–water partition coefficient (Wildman–Crippen LogP) is 3.58. The van der Waals surface area contributed by atoms with Gasteiger partial charge in [-0.05, 0) is 35.4 Å². The molecule has 134 valence electrons. The normalized spacial score (nSPS) is 13.8. The number of benzene rings is 1. The summed E-state index contributed by atoms with van der Waals surface area (Å²) in [6.45, 7) is 1.39. The van der Waals surface area contributed by atoms with Crippen molar-refractivity contribution in [2.24, 2.45) is 0 Å². The van der Waals surface area contributed by atoms with E-state index in [0.29, 0.717) is 16.9 Å². The van der Waals surface area contributed by atoms with E-state index in [4.69, 9.17) is 0 Å². The maximum Gasteiger partial charge on any atom is 0.230 e. The van der Waals surface area contributed by atoms with E-state index in [1.165, 1.54) is 41.0 Å². The summed E-state index contributed by atoms with van der Waals surface area (Å²) in [4.78, 5) is 17.9. The number of amides is 1. The van der Waals surface area contributed by atoms with Crippen LogP contribution in [0.5, 0.6) is 0 Å². The van der Waals surface area contributed by atoms with Gasteiger partial charge in [0.1, 0.15) is 5.82 Å². The Morgan fingerprint density at radius 1 is 1.42 bits per heavy atom. The molecule has 0 unspecified atom stereocenters. The van der Waals surface area contributed by atoms with Crippen LogP contribution in [0.4, 0.5) is 15.2 Å². The lowest BCUT2D eigenvalue weighted by molar-refractivity contribution is -0.115. The second-order valence-electron chi connectivity index (χ2n) is 5.85. The van der Waals surface area contributed by atoms with E-state index < -0.39 is 5.82 Å². The molecule has 0 aliphatic heterocycles. The second-order valence-corrected chi connectivity index (χ2v) is 7.63. The van der Waals surface area contributed by atoms with Gasteiger partial charge in [-0.1, -0.05) is 23.9 Å². The van der Waals surface area contributed by atoms with Gasteiger partial charge in [0.05, 0.1) is 17.4 Å². The molecule has 10 heteroatoms. The second kappa shape index (κ2) is 7.12. The number of tetrazole rings is 1. The lowest BCUT2D eigenvalue weighted by atomic mass is 10.3. The average molecular weight is 390 g/mol. The zero-order chi connectivity index (χ0) is 18.1. The summed E-state index contributed by atoms with van der Waals surface area (Å²) in [5.41, 5.74) is 0.995. The van der Waals surface area contributed by atoms with Crippen molar-refractivity contribution in [1.82, 2.24) is 25.2 Å². The number of rotatable bonds is 6. The number of para-hydroxylation sites is 1. The summed E-state index contributed by atoms with van der Waals surface area (Å²) in [6.07, 6.45) is 2.21. The van der Waals surface area contributed by atoms with Gasteiger partial charge in [0.2, 0.25) is 11.1 Å². The van der Waals surface area contributed by atoms with Crippen molar-refractivity contribution < 1.29 is 9.18 Å². The molecule has 1 aliphatic carbocycles. The van der Waals surface area contributed by atoms with Crippen molar-refractivity contribution in [2.75, 3.05) is 4.90 Å². The molecule has 26 heavy (non-hydrogen) atoms. The Labute approximate surface area is 157 Å². The third kappa shape index (κ3) is 3.47. The summed E-state index contributed by atoms with van der Waals surface area (Å²) < 4.78 is 16.0. The Morgan fingerprint density at radius 2 is 2.23 bits per heavy atom. The van der Waals surface area contributed by atoms with Gasteiger partial charge in [-0.25, -0.2) is 14.1 Å². The largest absolute Gasteiger partial charge is 0.274 e. The molecule has 1 fully saturated rings. The van der Waals surface area contributed by atoms with Gasteiger partial charge < -0.3 is 0 Å². The minimum Gasteiger partial charge on any atom is -0.274 e. The molecule has 0 radical (unpaired) electrons. The van der Waals surface area contributed by atoms with Gasteiger partial charge in [-0.3, -0.25) is 9.69 Å². The van der Waals surface area contributed by atoms with Crippen LogP contribution >= 0.6 is 23.1 Å². The van der Waals surface area contributed by atoms with Crippen molar-refractivity contribution in [1.29, 1.82) is 0 Å². The van der Waals surface area contributed by atoms with E-state index in [1.54, 1.807) is 18.2 Å². The summed E-state index contributed by atoms with van der Waals surface area (Å²) in [6, 6.07) is 6.58. The van der Waals surface area contributed by atoms with Crippen LogP contribution in [0.3, 0.4) is 0 Å². The minimum atomic E-state index is -0.461. The molecule has 1 aromatic carbocycles. The molecular weight excluding hydrogens is 375 g/mol. The fraction of sp³-hybridized carbons (Fsp3) is 0.312. The smallest absolute Gasteiger partial charge is 0.230 e. The van der Waals surface area contributed by atoms with Crippen LogP contribution in [0.15, 0.2) is 34.8 Å². The fourth-order valence-corrected chi connectivity index (χ4v) is 4.30. The van der Waals surface area contributed by atoms with Crippen LogP contribution in [0.2, 0.25) is 0 Å². The van der Waals surface area contributed by atoms with Gasteiger partial charge in [0.15, 0.2) is 5.13 Å². The first-order chi connectivity index (χ1) is 12.6. The van der Waals surface area contributed by atoms with Crippen LogP contribution in [-0.4, -0.2) is 31.1 Å². The number of carbonyl (C=O) groups excluding carboxylic acids is 1. The highest BCUT2D eigenvalue weighted by Crippen LogP contribution is 2.37. The topological polar surface area (TPSA) is 76.8 Å². The van der Waals surface area contributed by atoms with Gasteiger partial charge in [0, 0.05) is 18.1 Å². The molecule has 2 heterocycles. The van der Waals surface area contributed by atoms with E-state index in [0.717, 1.165) is 23.7 Å². The molecular formula is C16H15FN6OS2. The fourth-order valence-electron chi connectivity index (χ4n) is 2.47. The molecule has 0 saturated heterocycles. The van der Waals surface area contributed by atoms with Crippen molar-refractivity contribution in [3.8, 4) is 0 Å². The zero-order valence-electron chi connectivity index (χ0n) is 13.9. The first-order valence-corrected chi connectivity index (χ1v) is 9.90. The van der Waals surface area contributed by atoms with E-state index in [2.05, 4.69) is 20.5 Å². The number of anilines is 2. The number of halogens is 1. The van der Waals surface area contributed by atoms with Crippen molar-refractivity contribution >= 4 is 39.8 Å². The quantitative estimate of drug-likeness (QED) is 0.599. The van der Waals surface area contributed by atoms with Crippen LogP contribution in [0.1, 0.15) is 31.5 Å². The van der Waals surface area contributed by atoms with Crippen LogP contribution in [0.25, 0.3) is 0 Å². The molecule has 0 N–H and O–H groups in total. The first kappa shape index (κ1) is 17.1. The molecule has 1 aliphatic rings. The maximum atomic E-state index is 14.1. The van der Waals surface area contributed by atoms with E-state index >= 15 is 0 Å². The predicted molar refractivity (Wildman–Crippen MR) is 97.0 cm³/mol. The molecule has 4 rings (SSSR count). The Kier molecular flexibility index (Phi) is 4.68. The summed E-state index contributed by atoms with van der Waals surface area (Å²) in [5.74, 6) is -0.175. The monoisotopic (exact) mass is 390 g/mol. The van der Waals surface area contributed by atoms with Crippen LogP contribution in [0, 0.1) is 5.82 Å². The molecule has 0 bridgehead atoms. The number of nitrogens with zero attached hydrogens (tertiary/aromatic N) is 6. The third-order valence-corrected chi connectivity index (χ3v) is 5.69. The van der Waals surface area contributed by atoms with Crippen molar-refractivity contribution in [3.63, 3.8) is 0 Å². The molecule has 2 aromatic heterocycles. The summed E-state index contributed by atoms with van der Waals surface area (Å²) >= 11 is 2.81. The molecule has 0 spiro atoms. The molecule has 0 atom stereocenters. The molecule has 1 saturated carbocycles. The third-order valence-electron chi connectivity index (χ3n) is 3.84. The number of carbonyl (C=O) groups is 1. The number of hydrogen-bond acceptors (Lipinski definition) is 7. The Hall–Kier alpha value is -2.33. The number of hydrogen-bond donors (Lipinski definition) is 0. The minimum absolute atomic E-state index is 0.200. The lowest BCUT2D eigenvalue weighted by Crippen LogP contribution is -2.23. The first-order valence-electron chi connectivity index (χ1n) is 8.04. The van der Waals surface area contributed by atoms with Gasteiger partial charge >= 0.3 is 0 Å². The average Bonchev–Trinajstić information content (AvgIpc) is 3.17. The Morgan fingerprint density at radius 3 is 2.96 bits per heavy atom. The molecule has 1 amide bonds. The number of aromatic nitrogens is 5. The van der Waals surface area contributed by atoms with E-state index in [-0.39, 0.29) is 11.6 Å². The zero-order valence-corrected chi connectivity index (χ0v) is 15.5. The summed E-state index contributed by atoms with van der Waals surface area (Å²) in [7, 11) is 0. The Bertz CT molecular complexity index is 938. The van der Waals surface area contributed by atoms with Crippen LogP contribution in [-0.2, 0) is 10.5 Å². The lowest BCUT2D eigenvalue weighted by Gasteiger charge is -2.18. The van der Waals surface area contributed by atoms with Gasteiger partial charge in [-0.15, -0.1) is 16.4 Å². The van der Waals surface area contributed by atoms with E-state index in [1.807, 2.05) is 10.1 Å². The SMILES string of the molecule is CC(=O)N(c1nc(CSc2nnnn2C2CC2)cs1)c1ccccc1F. The highest BCUT2D eigenvalue weighted by atomic mass is 32.2. The van der Waals surface area contributed by atoms with E-state index in [9.17, 15) is 9.18 Å².